The SMILES string of the molecule is CCn1c(SCC(=O)c2ccc(OC)c(OC)c2)nnc1-c1cccnc1. The molecule has 0 spiro atoms. The van der Waals surface area contributed by atoms with Crippen LogP contribution in [0.3, 0.4) is 0 Å². The maximum atomic E-state index is 12.6. The van der Waals surface area contributed by atoms with Gasteiger partial charge in [-0.3, -0.25) is 9.78 Å². The average Bonchev–Trinajstić information content (AvgIpc) is 3.14. The van der Waals surface area contributed by atoms with Gasteiger partial charge in [-0.25, -0.2) is 0 Å². The van der Waals surface area contributed by atoms with Crippen LogP contribution >= 0.6 is 11.8 Å². The van der Waals surface area contributed by atoms with Crippen LogP contribution in [0.1, 0.15) is 17.3 Å². The van der Waals surface area contributed by atoms with E-state index in [9.17, 15) is 4.79 Å². The van der Waals surface area contributed by atoms with Gasteiger partial charge in [0.15, 0.2) is 28.3 Å². The van der Waals surface area contributed by atoms with Crippen LogP contribution in [0.4, 0.5) is 0 Å². The van der Waals surface area contributed by atoms with Crippen molar-refractivity contribution in [2.45, 2.75) is 18.6 Å². The van der Waals surface area contributed by atoms with E-state index >= 15 is 0 Å². The van der Waals surface area contributed by atoms with E-state index < -0.39 is 0 Å². The number of pyridine rings is 1. The van der Waals surface area contributed by atoms with E-state index in [1.165, 1.54) is 11.8 Å². The number of hydrogen-bond acceptors (Lipinski definition) is 7. The van der Waals surface area contributed by atoms with Gasteiger partial charge in [0, 0.05) is 30.1 Å². The summed E-state index contributed by atoms with van der Waals surface area (Å²) < 4.78 is 12.4. The van der Waals surface area contributed by atoms with Crippen LogP contribution in [0.25, 0.3) is 11.4 Å². The number of hydrogen-bond donors (Lipinski definition) is 0. The smallest absolute Gasteiger partial charge is 0.191 e. The first-order valence-electron chi connectivity index (χ1n) is 8.39. The Bertz CT molecular complexity index is 928. The van der Waals surface area contributed by atoms with Gasteiger partial charge in [0.25, 0.3) is 0 Å². The lowest BCUT2D eigenvalue weighted by Gasteiger charge is -2.09. The third-order valence-corrected chi connectivity index (χ3v) is 4.96. The maximum Gasteiger partial charge on any atom is 0.191 e. The number of rotatable bonds is 8. The normalized spacial score (nSPS) is 10.6. The molecule has 2 heterocycles. The summed E-state index contributed by atoms with van der Waals surface area (Å²) in [6, 6.07) is 8.94. The van der Waals surface area contributed by atoms with Crippen molar-refractivity contribution in [3.8, 4) is 22.9 Å². The molecule has 27 heavy (non-hydrogen) atoms. The first kappa shape index (κ1) is 18.9. The Labute approximate surface area is 161 Å². The number of carbonyl (C=O) groups excluding carboxylic acids is 1. The summed E-state index contributed by atoms with van der Waals surface area (Å²) in [5.41, 5.74) is 1.46. The second-order valence-corrected chi connectivity index (χ2v) is 6.52. The molecule has 2 aromatic heterocycles. The van der Waals surface area contributed by atoms with Gasteiger partial charge < -0.3 is 14.0 Å². The summed E-state index contributed by atoms with van der Waals surface area (Å²) in [5, 5.41) is 9.20. The van der Waals surface area contributed by atoms with E-state index in [2.05, 4.69) is 15.2 Å². The number of thioether (sulfide) groups is 1. The minimum Gasteiger partial charge on any atom is -0.493 e. The molecule has 3 rings (SSSR count). The summed E-state index contributed by atoms with van der Waals surface area (Å²) in [4.78, 5) is 16.7. The second kappa shape index (κ2) is 8.68. The Hall–Kier alpha value is -2.87. The number of methoxy groups -OCH3 is 2. The molecule has 0 bridgehead atoms. The lowest BCUT2D eigenvalue weighted by Crippen LogP contribution is -2.06. The molecule has 3 aromatic rings. The number of ketones is 1. The summed E-state index contributed by atoms with van der Waals surface area (Å²) in [5.74, 6) is 2.10. The predicted molar refractivity (Wildman–Crippen MR) is 104 cm³/mol. The van der Waals surface area contributed by atoms with Crippen molar-refractivity contribution in [1.29, 1.82) is 0 Å². The number of carbonyl (C=O) groups is 1. The molecule has 0 unspecified atom stereocenters. The van der Waals surface area contributed by atoms with Gasteiger partial charge in [-0.2, -0.15) is 0 Å². The zero-order valence-electron chi connectivity index (χ0n) is 15.4. The maximum absolute atomic E-state index is 12.6. The van der Waals surface area contributed by atoms with E-state index in [4.69, 9.17) is 9.47 Å². The molecule has 0 saturated heterocycles. The van der Waals surface area contributed by atoms with Gasteiger partial charge in [-0.05, 0) is 37.3 Å². The van der Waals surface area contributed by atoms with E-state index in [0.717, 1.165) is 11.4 Å². The van der Waals surface area contributed by atoms with Gasteiger partial charge in [0.05, 0.1) is 20.0 Å². The number of benzene rings is 1. The average molecular weight is 384 g/mol. The largest absolute Gasteiger partial charge is 0.493 e. The quantitative estimate of drug-likeness (QED) is 0.435. The number of Topliss-reactive ketones (excluding diaryl/α,β-unsaturated/α-hetero) is 1. The molecular formula is C19H20N4O3S. The molecule has 0 radical (unpaired) electrons. The Balaban J connectivity index is 1.75. The molecular weight excluding hydrogens is 364 g/mol. The van der Waals surface area contributed by atoms with Gasteiger partial charge >= 0.3 is 0 Å². The highest BCUT2D eigenvalue weighted by Gasteiger charge is 2.16. The highest BCUT2D eigenvalue weighted by Crippen LogP contribution is 2.29. The number of ether oxygens (including phenoxy) is 2. The van der Waals surface area contributed by atoms with Crippen LogP contribution < -0.4 is 9.47 Å². The lowest BCUT2D eigenvalue weighted by atomic mass is 10.1. The van der Waals surface area contributed by atoms with Crippen molar-refractivity contribution in [1.82, 2.24) is 19.7 Å². The molecule has 0 amide bonds. The third kappa shape index (κ3) is 4.11. The zero-order chi connectivity index (χ0) is 19.2. The van der Waals surface area contributed by atoms with Crippen LogP contribution in [-0.2, 0) is 6.54 Å². The van der Waals surface area contributed by atoms with Crippen molar-refractivity contribution < 1.29 is 14.3 Å². The van der Waals surface area contributed by atoms with Crippen LogP contribution in [0.2, 0.25) is 0 Å². The van der Waals surface area contributed by atoms with Crippen LogP contribution in [0, 0.1) is 0 Å². The minimum atomic E-state index is -0.0190. The van der Waals surface area contributed by atoms with Crippen molar-refractivity contribution in [2.24, 2.45) is 0 Å². The van der Waals surface area contributed by atoms with Gasteiger partial charge in [0.1, 0.15) is 0 Å². The molecule has 0 atom stereocenters. The fourth-order valence-electron chi connectivity index (χ4n) is 2.61. The highest BCUT2D eigenvalue weighted by molar-refractivity contribution is 7.99. The molecule has 0 aliphatic carbocycles. The van der Waals surface area contributed by atoms with Crippen molar-refractivity contribution in [2.75, 3.05) is 20.0 Å². The lowest BCUT2D eigenvalue weighted by molar-refractivity contribution is 0.102. The van der Waals surface area contributed by atoms with Gasteiger partial charge in [-0.15, -0.1) is 10.2 Å². The predicted octanol–water partition coefficient (Wildman–Crippen LogP) is 3.35. The summed E-state index contributed by atoms with van der Waals surface area (Å²) in [7, 11) is 3.11. The Morgan fingerprint density at radius 3 is 2.63 bits per heavy atom. The first-order chi connectivity index (χ1) is 13.2. The van der Waals surface area contributed by atoms with E-state index in [-0.39, 0.29) is 11.5 Å². The molecule has 0 fully saturated rings. The fraction of sp³-hybridized carbons (Fsp3) is 0.263. The first-order valence-corrected chi connectivity index (χ1v) is 9.38. The van der Waals surface area contributed by atoms with Crippen molar-refractivity contribution in [3.05, 3.63) is 48.3 Å². The zero-order valence-corrected chi connectivity index (χ0v) is 16.2. The van der Waals surface area contributed by atoms with Gasteiger partial charge in [0.2, 0.25) is 0 Å². The Morgan fingerprint density at radius 1 is 1.15 bits per heavy atom. The summed E-state index contributed by atoms with van der Waals surface area (Å²) >= 11 is 1.36. The third-order valence-electron chi connectivity index (χ3n) is 3.99. The molecule has 140 valence electrons. The van der Waals surface area contributed by atoms with E-state index in [0.29, 0.717) is 28.8 Å². The minimum absolute atomic E-state index is 0.0190. The Morgan fingerprint density at radius 2 is 1.96 bits per heavy atom. The molecule has 7 nitrogen and oxygen atoms in total. The second-order valence-electron chi connectivity index (χ2n) is 5.57. The van der Waals surface area contributed by atoms with Crippen molar-refractivity contribution >= 4 is 17.5 Å². The van der Waals surface area contributed by atoms with Gasteiger partial charge in [-0.1, -0.05) is 11.8 Å². The molecule has 8 heteroatoms. The number of aromatic nitrogens is 4. The molecule has 0 N–H and O–H groups in total. The van der Waals surface area contributed by atoms with Crippen LogP contribution in [0.5, 0.6) is 11.5 Å². The highest BCUT2D eigenvalue weighted by atomic mass is 32.2. The van der Waals surface area contributed by atoms with Crippen LogP contribution in [0.15, 0.2) is 47.9 Å². The fourth-order valence-corrected chi connectivity index (χ4v) is 3.51. The standard InChI is InChI=1S/C19H20N4O3S/c1-4-23-18(14-6-5-9-20-11-14)21-22-19(23)27-12-15(24)13-7-8-16(25-2)17(10-13)26-3/h5-11H,4,12H2,1-3H3. The summed E-state index contributed by atoms with van der Waals surface area (Å²) in [6.45, 7) is 2.72. The van der Waals surface area contributed by atoms with Crippen LogP contribution in [-0.4, -0.2) is 45.5 Å². The monoisotopic (exact) mass is 384 g/mol. The molecule has 0 aliphatic rings. The Kier molecular flexibility index (Phi) is 6.08. The number of nitrogens with zero attached hydrogens (tertiary/aromatic N) is 4. The topological polar surface area (TPSA) is 79.1 Å². The van der Waals surface area contributed by atoms with E-state index in [1.807, 2.05) is 23.6 Å². The van der Waals surface area contributed by atoms with Crippen molar-refractivity contribution in [3.63, 3.8) is 0 Å². The molecule has 0 aliphatic heterocycles. The molecule has 0 saturated carbocycles. The summed E-state index contributed by atoms with van der Waals surface area (Å²) in [6.07, 6.45) is 3.47. The molecule has 1 aromatic carbocycles. The van der Waals surface area contributed by atoms with E-state index in [1.54, 1.807) is 44.8 Å².